The monoisotopic (exact) mass is 305 g/mol. The van der Waals surface area contributed by atoms with Crippen LogP contribution in [-0.4, -0.2) is 28.6 Å². The molecule has 22 heavy (non-hydrogen) atoms. The van der Waals surface area contributed by atoms with Crippen molar-refractivity contribution in [3.8, 4) is 5.75 Å². The van der Waals surface area contributed by atoms with Crippen LogP contribution in [0, 0.1) is 12.7 Å². The molecular formula is C15H16FN3O3. The SMILES string of the molecule is Cc1cc(=O)n(CCNC(=O)COc2ccccc2F)cn1. The molecule has 0 saturated heterocycles. The zero-order valence-electron chi connectivity index (χ0n) is 12.1. The van der Waals surface area contributed by atoms with Gasteiger partial charge in [-0.05, 0) is 19.1 Å². The Hall–Kier alpha value is -2.70. The summed E-state index contributed by atoms with van der Waals surface area (Å²) in [6, 6.07) is 7.27. The molecular weight excluding hydrogens is 289 g/mol. The van der Waals surface area contributed by atoms with Crippen molar-refractivity contribution in [2.24, 2.45) is 0 Å². The van der Waals surface area contributed by atoms with E-state index in [0.717, 1.165) is 0 Å². The summed E-state index contributed by atoms with van der Waals surface area (Å²) in [7, 11) is 0. The largest absolute Gasteiger partial charge is 0.481 e. The van der Waals surface area contributed by atoms with Crippen molar-refractivity contribution in [3.63, 3.8) is 0 Å². The van der Waals surface area contributed by atoms with Gasteiger partial charge in [-0.2, -0.15) is 0 Å². The Kier molecular flexibility index (Phi) is 5.24. The Morgan fingerprint density at radius 3 is 2.91 bits per heavy atom. The lowest BCUT2D eigenvalue weighted by Crippen LogP contribution is -2.33. The standard InChI is InChI=1S/C15H16FN3O3/c1-11-8-15(21)19(10-18-11)7-6-17-14(20)9-22-13-5-3-2-4-12(13)16/h2-5,8,10H,6-7,9H2,1H3,(H,17,20). The molecule has 0 aliphatic carbocycles. The quantitative estimate of drug-likeness (QED) is 0.860. The van der Waals surface area contributed by atoms with E-state index >= 15 is 0 Å². The third kappa shape index (κ3) is 4.41. The van der Waals surface area contributed by atoms with E-state index < -0.39 is 11.7 Å². The average Bonchev–Trinajstić information content (AvgIpc) is 2.49. The highest BCUT2D eigenvalue weighted by Crippen LogP contribution is 2.14. The minimum atomic E-state index is -0.521. The van der Waals surface area contributed by atoms with Crippen molar-refractivity contribution in [1.82, 2.24) is 14.9 Å². The van der Waals surface area contributed by atoms with E-state index in [1.54, 1.807) is 13.0 Å². The van der Waals surface area contributed by atoms with E-state index in [2.05, 4.69) is 10.3 Å². The van der Waals surface area contributed by atoms with Crippen LogP contribution in [0.25, 0.3) is 0 Å². The van der Waals surface area contributed by atoms with Gasteiger partial charge in [0.2, 0.25) is 0 Å². The second-order valence-corrected chi connectivity index (χ2v) is 4.63. The van der Waals surface area contributed by atoms with Gasteiger partial charge < -0.3 is 10.1 Å². The van der Waals surface area contributed by atoms with E-state index in [1.807, 2.05) is 0 Å². The Morgan fingerprint density at radius 1 is 1.41 bits per heavy atom. The van der Waals surface area contributed by atoms with Gasteiger partial charge in [-0.1, -0.05) is 12.1 Å². The smallest absolute Gasteiger partial charge is 0.258 e. The summed E-state index contributed by atoms with van der Waals surface area (Å²) in [4.78, 5) is 27.2. The number of carbonyl (C=O) groups excluding carboxylic acids is 1. The van der Waals surface area contributed by atoms with Crippen LogP contribution < -0.4 is 15.6 Å². The number of hydrogen-bond donors (Lipinski definition) is 1. The lowest BCUT2D eigenvalue weighted by molar-refractivity contribution is -0.123. The molecule has 0 unspecified atom stereocenters. The van der Waals surface area contributed by atoms with E-state index in [4.69, 9.17) is 4.74 Å². The summed E-state index contributed by atoms with van der Waals surface area (Å²) in [6.07, 6.45) is 1.43. The van der Waals surface area contributed by atoms with Crippen LogP contribution in [0.3, 0.4) is 0 Å². The van der Waals surface area contributed by atoms with Gasteiger partial charge >= 0.3 is 0 Å². The summed E-state index contributed by atoms with van der Waals surface area (Å²) in [5.41, 5.74) is 0.466. The van der Waals surface area contributed by atoms with Crippen LogP contribution in [0.15, 0.2) is 41.5 Å². The second kappa shape index (κ2) is 7.35. The predicted octanol–water partition coefficient (Wildman–Crippen LogP) is 0.886. The number of hydrogen-bond acceptors (Lipinski definition) is 4. The van der Waals surface area contributed by atoms with Crippen molar-refractivity contribution in [2.45, 2.75) is 13.5 Å². The number of carbonyl (C=O) groups is 1. The number of aromatic nitrogens is 2. The molecule has 0 spiro atoms. The normalized spacial score (nSPS) is 10.3. The molecule has 0 aliphatic heterocycles. The highest BCUT2D eigenvalue weighted by atomic mass is 19.1. The van der Waals surface area contributed by atoms with Gasteiger partial charge in [0.15, 0.2) is 18.2 Å². The van der Waals surface area contributed by atoms with Gasteiger partial charge in [0.1, 0.15) is 0 Å². The maximum Gasteiger partial charge on any atom is 0.258 e. The topological polar surface area (TPSA) is 73.2 Å². The second-order valence-electron chi connectivity index (χ2n) is 4.63. The number of para-hydroxylation sites is 1. The molecule has 1 aromatic carbocycles. The van der Waals surface area contributed by atoms with E-state index in [9.17, 15) is 14.0 Å². The molecule has 2 aromatic rings. The number of benzene rings is 1. The molecule has 0 fully saturated rings. The lowest BCUT2D eigenvalue weighted by atomic mass is 10.3. The van der Waals surface area contributed by atoms with Crippen LogP contribution in [0.1, 0.15) is 5.69 Å². The molecule has 0 atom stereocenters. The van der Waals surface area contributed by atoms with Crippen LogP contribution in [0.5, 0.6) is 5.75 Å². The number of halogens is 1. The number of aryl methyl sites for hydroxylation is 1. The molecule has 6 nitrogen and oxygen atoms in total. The molecule has 0 bridgehead atoms. The molecule has 0 aliphatic rings. The van der Waals surface area contributed by atoms with Gasteiger partial charge in [0.05, 0.1) is 6.33 Å². The average molecular weight is 305 g/mol. The Bertz CT molecular complexity index is 715. The summed E-state index contributed by atoms with van der Waals surface area (Å²) < 4.78 is 19.8. The van der Waals surface area contributed by atoms with Crippen LogP contribution in [-0.2, 0) is 11.3 Å². The zero-order chi connectivity index (χ0) is 15.9. The fourth-order valence-corrected chi connectivity index (χ4v) is 1.76. The molecule has 0 radical (unpaired) electrons. The Morgan fingerprint density at radius 2 is 2.18 bits per heavy atom. The first-order valence-corrected chi connectivity index (χ1v) is 6.73. The van der Waals surface area contributed by atoms with E-state index in [-0.39, 0.29) is 24.5 Å². The molecule has 1 amide bonds. The third-order valence-electron chi connectivity index (χ3n) is 2.89. The summed E-state index contributed by atoms with van der Waals surface area (Å²) in [6.45, 7) is 2.00. The number of nitrogens with one attached hydrogen (secondary N) is 1. The molecule has 1 N–H and O–H groups in total. The van der Waals surface area contributed by atoms with Crippen molar-refractivity contribution in [1.29, 1.82) is 0 Å². The maximum absolute atomic E-state index is 13.3. The predicted molar refractivity (Wildman–Crippen MR) is 78.1 cm³/mol. The van der Waals surface area contributed by atoms with Crippen LogP contribution in [0.2, 0.25) is 0 Å². The molecule has 0 saturated carbocycles. The number of nitrogens with zero attached hydrogens (tertiary/aromatic N) is 2. The molecule has 7 heteroatoms. The van der Waals surface area contributed by atoms with Crippen LogP contribution >= 0.6 is 0 Å². The minimum absolute atomic E-state index is 0.0246. The molecule has 116 valence electrons. The number of ether oxygens (including phenoxy) is 1. The first-order chi connectivity index (χ1) is 10.6. The first kappa shape index (κ1) is 15.7. The molecule has 1 heterocycles. The number of amides is 1. The minimum Gasteiger partial charge on any atom is -0.481 e. The summed E-state index contributed by atoms with van der Waals surface area (Å²) in [5.74, 6) is -0.888. The van der Waals surface area contributed by atoms with Crippen molar-refractivity contribution < 1.29 is 13.9 Å². The lowest BCUT2D eigenvalue weighted by Gasteiger charge is -2.09. The molecule has 2 rings (SSSR count). The Labute approximate surface area is 126 Å². The van der Waals surface area contributed by atoms with Crippen molar-refractivity contribution in [2.75, 3.05) is 13.2 Å². The van der Waals surface area contributed by atoms with Gasteiger partial charge in [-0.3, -0.25) is 14.2 Å². The number of rotatable bonds is 6. The van der Waals surface area contributed by atoms with E-state index in [1.165, 1.54) is 35.2 Å². The van der Waals surface area contributed by atoms with Gasteiger partial charge in [-0.15, -0.1) is 0 Å². The third-order valence-corrected chi connectivity index (χ3v) is 2.89. The highest BCUT2D eigenvalue weighted by Gasteiger charge is 2.06. The van der Waals surface area contributed by atoms with E-state index in [0.29, 0.717) is 12.2 Å². The Balaban J connectivity index is 1.76. The fraction of sp³-hybridized carbons (Fsp3) is 0.267. The first-order valence-electron chi connectivity index (χ1n) is 6.73. The highest BCUT2D eigenvalue weighted by molar-refractivity contribution is 5.77. The summed E-state index contributed by atoms with van der Waals surface area (Å²) in [5, 5.41) is 2.59. The molecule has 1 aromatic heterocycles. The fourth-order valence-electron chi connectivity index (χ4n) is 1.76. The maximum atomic E-state index is 13.3. The van der Waals surface area contributed by atoms with Gasteiger partial charge in [-0.25, -0.2) is 9.37 Å². The van der Waals surface area contributed by atoms with Crippen molar-refractivity contribution >= 4 is 5.91 Å². The van der Waals surface area contributed by atoms with Gasteiger partial charge in [0, 0.05) is 24.8 Å². The summed E-state index contributed by atoms with van der Waals surface area (Å²) >= 11 is 0. The zero-order valence-corrected chi connectivity index (χ0v) is 12.1. The van der Waals surface area contributed by atoms with Gasteiger partial charge in [0.25, 0.3) is 11.5 Å². The van der Waals surface area contributed by atoms with Crippen LogP contribution in [0.4, 0.5) is 4.39 Å². The van der Waals surface area contributed by atoms with Crippen molar-refractivity contribution in [3.05, 3.63) is 58.5 Å².